The van der Waals surface area contributed by atoms with Crippen molar-refractivity contribution in [3.05, 3.63) is 75.9 Å². The lowest BCUT2D eigenvalue weighted by molar-refractivity contribution is 0.0697. The number of nitrogens with one attached hydrogen (secondary N) is 1. The molecule has 2 heterocycles. The zero-order valence-electron chi connectivity index (χ0n) is 14.8. The maximum atomic E-state index is 11.1. The Morgan fingerprint density at radius 1 is 1.15 bits per heavy atom. The molecule has 4 rings (SSSR count). The monoisotopic (exact) mass is 381 g/mol. The highest BCUT2D eigenvalue weighted by atomic mass is 35.5. The number of aromatic nitrogens is 2. The van der Waals surface area contributed by atoms with Gasteiger partial charge >= 0.3 is 5.97 Å². The number of anilines is 1. The van der Waals surface area contributed by atoms with Crippen LogP contribution in [0.3, 0.4) is 0 Å². The third-order valence-corrected chi connectivity index (χ3v) is 5.26. The molecule has 5 nitrogen and oxygen atoms in total. The summed E-state index contributed by atoms with van der Waals surface area (Å²) in [5.74, 6) is 0.0657. The number of halogens is 1. The second-order valence-corrected chi connectivity index (χ2v) is 7.10. The number of aromatic carboxylic acids is 1. The van der Waals surface area contributed by atoms with Crippen LogP contribution in [0.15, 0.2) is 48.5 Å². The number of carbonyl (C=O) groups is 1. The quantitative estimate of drug-likeness (QED) is 0.695. The van der Waals surface area contributed by atoms with Crippen LogP contribution in [0.25, 0.3) is 5.69 Å². The molecule has 0 amide bonds. The van der Waals surface area contributed by atoms with Crippen molar-refractivity contribution >= 4 is 23.4 Å². The highest BCUT2D eigenvalue weighted by Gasteiger charge is 2.21. The van der Waals surface area contributed by atoms with Crippen LogP contribution < -0.4 is 5.32 Å². The van der Waals surface area contributed by atoms with Gasteiger partial charge in [0, 0.05) is 23.6 Å². The number of nitrogens with zero attached hydrogens (tertiary/aromatic N) is 2. The average molecular weight is 382 g/mol. The Morgan fingerprint density at radius 3 is 2.67 bits per heavy atom. The Morgan fingerprint density at radius 2 is 1.93 bits per heavy atom. The molecular formula is C21H20ClN3O2. The molecule has 0 spiro atoms. The van der Waals surface area contributed by atoms with E-state index >= 15 is 0 Å². The lowest BCUT2D eigenvalue weighted by Gasteiger charge is -2.09. The van der Waals surface area contributed by atoms with Gasteiger partial charge in [0.1, 0.15) is 5.82 Å². The van der Waals surface area contributed by atoms with Crippen molar-refractivity contribution < 1.29 is 9.90 Å². The Balaban J connectivity index is 1.77. The fourth-order valence-electron chi connectivity index (χ4n) is 3.47. The Labute approximate surface area is 162 Å². The van der Waals surface area contributed by atoms with Gasteiger partial charge < -0.3 is 10.4 Å². The van der Waals surface area contributed by atoms with Gasteiger partial charge in [-0.3, -0.25) is 0 Å². The highest BCUT2D eigenvalue weighted by Crippen LogP contribution is 2.30. The van der Waals surface area contributed by atoms with Crippen molar-refractivity contribution in [3.63, 3.8) is 0 Å². The van der Waals surface area contributed by atoms with Crippen LogP contribution in [0, 0.1) is 0 Å². The van der Waals surface area contributed by atoms with Crippen molar-refractivity contribution in [2.45, 2.75) is 25.7 Å². The molecule has 3 aromatic rings. The fraction of sp³-hybridized carbons (Fsp3) is 0.238. The topological polar surface area (TPSA) is 67.1 Å². The lowest BCUT2D eigenvalue weighted by atomic mass is 10.0. The molecule has 1 aliphatic heterocycles. The maximum Gasteiger partial charge on any atom is 0.335 e. The summed E-state index contributed by atoms with van der Waals surface area (Å²) < 4.78 is 1.89. The van der Waals surface area contributed by atoms with E-state index in [1.807, 2.05) is 28.9 Å². The van der Waals surface area contributed by atoms with Gasteiger partial charge in [0.05, 0.1) is 16.9 Å². The third kappa shape index (κ3) is 3.55. The molecule has 0 radical (unpaired) electrons. The second kappa shape index (κ2) is 7.45. The van der Waals surface area contributed by atoms with Gasteiger partial charge in [0.25, 0.3) is 0 Å². The van der Waals surface area contributed by atoms with Gasteiger partial charge in [-0.15, -0.1) is 0 Å². The third-order valence-electron chi connectivity index (χ3n) is 4.89. The number of benzene rings is 2. The van der Waals surface area contributed by atoms with Gasteiger partial charge in [-0.2, -0.15) is 5.10 Å². The minimum Gasteiger partial charge on any atom is -0.478 e. The van der Waals surface area contributed by atoms with Crippen LogP contribution in [-0.2, 0) is 12.8 Å². The van der Waals surface area contributed by atoms with Crippen LogP contribution in [-0.4, -0.2) is 27.4 Å². The van der Waals surface area contributed by atoms with Gasteiger partial charge in [-0.05, 0) is 55.2 Å². The summed E-state index contributed by atoms with van der Waals surface area (Å²) in [6.07, 6.45) is 3.86. The number of hydrogen-bond donors (Lipinski definition) is 2. The first-order valence-electron chi connectivity index (χ1n) is 9.05. The van der Waals surface area contributed by atoms with Crippen LogP contribution >= 0.6 is 11.6 Å². The molecule has 0 unspecified atom stereocenters. The number of carboxylic acid groups (broad SMARTS) is 1. The van der Waals surface area contributed by atoms with Crippen LogP contribution in [0.1, 0.15) is 40.0 Å². The first-order chi connectivity index (χ1) is 13.1. The molecule has 2 aromatic carbocycles. The van der Waals surface area contributed by atoms with E-state index in [1.54, 1.807) is 24.3 Å². The maximum absolute atomic E-state index is 11.1. The number of rotatable bonds is 4. The molecule has 0 saturated carbocycles. The van der Waals surface area contributed by atoms with Gasteiger partial charge in [0.2, 0.25) is 0 Å². The molecule has 0 fully saturated rings. The van der Waals surface area contributed by atoms with Crippen LogP contribution in [0.4, 0.5) is 5.82 Å². The molecule has 6 heteroatoms. The summed E-state index contributed by atoms with van der Waals surface area (Å²) >= 11 is 6.35. The minimum atomic E-state index is -0.932. The smallest absolute Gasteiger partial charge is 0.335 e. The Kier molecular flexibility index (Phi) is 4.86. The summed E-state index contributed by atoms with van der Waals surface area (Å²) in [4.78, 5) is 11.1. The van der Waals surface area contributed by atoms with E-state index in [1.165, 1.54) is 5.56 Å². The Hall–Kier alpha value is -2.79. The average Bonchev–Trinajstić information content (AvgIpc) is 2.85. The first-order valence-corrected chi connectivity index (χ1v) is 9.43. The molecule has 0 saturated heterocycles. The van der Waals surface area contributed by atoms with Crippen molar-refractivity contribution in [2.24, 2.45) is 0 Å². The van der Waals surface area contributed by atoms with E-state index in [0.717, 1.165) is 53.6 Å². The predicted molar refractivity (Wildman–Crippen MR) is 106 cm³/mol. The second-order valence-electron chi connectivity index (χ2n) is 6.69. The molecule has 1 aromatic heterocycles. The number of hydrogen-bond acceptors (Lipinski definition) is 3. The molecule has 2 N–H and O–H groups in total. The van der Waals surface area contributed by atoms with Gasteiger partial charge in [-0.25, -0.2) is 9.48 Å². The van der Waals surface area contributed by atoms with E-state index in [0.29, 0.717) is 6.42 Å². The van der Waals surface area contributed by atoms with Crippen molar-refractivity contribution in [3.8, 4) is 5.69 Å². The van der Waals surface area contributed by atoms with E-state index in [9.17, 15) is 4.79 Å². The first kappa shape index (κ1) is 17.6. The van der Waals surface area contributed by atoms with E-state index in [2.05, 4.69) is 5.32 Å². The summed E-state index contributed by atoms with van der Waals surface area (Å²) in [7, 11) is 0. The summed E-state index contributed by atoms with van der Waals surface area (Å²) in [5, 5.41) is 18.2. The van der Waals surface area contributed by atoms with Crippen LogP contribution in [0.5, 0.6) is 0 Å². The standard InChI is InChI=1S/C21H20ClN3O2/c22-18-7-2-1-5-15(18)13-19-17-6-3-4-12-23-20(17)25(24-19)16-10-8-14(9-11-16)21(26)27/h1-2,5,7-11,23H,3-4,6,12-13H2,(H,26,27). The number of fused-ring (bicyclic) bond motifs is 1. The van der Waals surface area contributed by atoms with Gasteiger partial charge in [0.15, 0.2) is 0 Å². The highest BCUT2D eigenvalue weighted by molar-refractivity contribution is 6.31. The molecule has 0 atom stereocenters. The molecular weight excluding hydrogens is 362 g/mol. The van der Waals surface area contributed by atoms with E-state index < -0.39 is 5.97 Å². The fourth-order valence-corrected chi connectivity index (χ4v) is 3.67. The normalized spacial score (nSPS) is 13.5. The van der Waals surface area contributed by atoms with Crippen LogP contribution in [0.2, 0.25) is 5.02 Å². The zero-order valence-corrected chi connectivity index (χ0v) is 15.5. The van der Waals surface area contributed by atoms with E-state index in [-0.39, 0.29) is 5.56 Å². The zero-order chi connectivity index (χ0) is 18.8. The van der Waals surface area contributed by atoms with E-state index in [4.69, 9.17) is 21.8 Å². The summed E-state index contributed by atoms with van der Waals surface area (Å²) in [6, 6.07) is 14.6. The molecule has 1 aliphatic rings. The lowest BCUT2D eigenvalue weighted by Crippen LogP contribution is -2.07. The predicted octanol–water partition coefficient (Wildman–Crippen LogP) is 4.56. The Bertz CT molecular complexity index is 980. The molecule has 27 heavy (non-hydrogen) atoms. The minimum absolute atomic E-state index is 0.265. The van der Waals surface area contributed by atoms with Crippen molar-refractivity contribution in [2.75, 3.05) is 11.9 Å². The van der Waals surface area contributed by atoms with Gasteiger partial charge in [-0.1, -0.05) is 29.8 Å². The molecule has 0 bridgehead atoms. The largest absolute Gasteiger partial charge is 0.478 e. The molecule has 138 valence electrons. The summed E-state index contributed by atoms with van der Waals surface area (Å²) in [6.45, 7) is 0.900. The molecule has 0 aliphatic carbocycles. The summed E-state index contributed by atoms with van der Waals surface area (Å²) in [5.41, 5.74) is 4.39. The van der Waals surface area contributed by atoms with Crippen molar-refractivity contribution in [1.82, 2.24) is 9.78 Å². The number of carboxylic acids is 1. The SMILES string of the molecule is O=C(O)c1ccc(-n2nc(Cc3ccccc3Cl)c3c2NCCCC3)cc1. The van der Waals surface area contributed by atoms with Crippen molar-refractivity contribution in [1.29, 1.82) is 0 Å².